The van der Waals surface area contributed by atoms with Crippen molar-refractivity contribution >= 4 is 11.6 Å². The Labute approximate surface area is 77.4 Å². The van der Waals surface area contributed by atoms with Crippen molar-refractivity contribution < 1.29 is 0 Å². The van der Waals surface area contributed by atoms with Gasteiger partial charge in [0.15, 0.2) is 5.82 Å². The number of nitrogens with zero attached hydrogens (tertiary/aromatic N) is 4. The van der Waals surface area contributed by atoms with E-state index in [1.54, 1.807) is 7.05 Å². The molecule has 0 aliphatic heterocycles. The van der Waals surface area contributed by atoms with Crippen LogP contribution in [0.1, 0.15) is 12.5 Å². The monoisotopic (exact) mass is 179 g/mol. The van der Waals surface area contributed by atoms with Gasteiger partial charge < -0.3 is 10.6 Å². The minimum atomic E-state index is 0.415. The maximum absolute atomic E-state index is 8.85. The van der Waals surface area contributed by atoms with Crippen LogP contribution in [0.5, 0.6) is 0 Å². The first-order valence-electron chi connectivity index (χ1n) is 4.05. The number of nitrogen functional groups attached to an aromatic ring is 1. The number of hydrogen-bond acceptors (Lipinski definition) is 4. The first kappa shape index (κ1) is 9.39. The van der Waals surface area contributed by atoms with Crippen LogP contribution >= 0.6 is 0 Å². The molecule has 2 N–H and O–H groups in total. The van der Waals surface area contributed by atoms with Crippen LogP contribution in [0.15, 0.2) is 0 Å². The highest BCUT2D eigenvalue weighted by molar-refractivity contribution is 5.64. The molecular formula is C8H13N5. The molecule has 0 aromatic carbocycles. The number of nitrogens with two attached hydrogens (primary N) is 1. The van der Waals surface area contributed by atoms with Crippen LogP contribution in [0.3, 0.4) is 0 Å². The Balaban J connectivity index is 3.23. The van der Waals surface area contributed by atoms with E-state index < -0.39 is 0 Å². The molecule has 13 heavy (non-hydrogen) atoms. The van der Waals surface area contributed by atoms with E-state index in [2.05, 4.69) is 5.10 Å². The lowest BCUT2D eigenvalue weighted by molar-refractivity contribution is 0.765. The number of hydrogen-bond donors (Lipinski definition) is 1. The first-order valence-corrected chi connectivity index (χ1v) is 4.05. The molecule has 0 aliphatic rings. The summed E-state index contributed by atoms with van der Waals surface area (Å²) in [6, 6.07) is 2.05. The van der Waals surface area contributed by atoms with Crippen LogP contribution in [-0.2, 0) is 7.05 Å². The summed E-state index contributed by atoms with van der Waals surface area (Å²) >= 11 is 0. The lowest BCUT2D eigenvalue weighted by atomic mass is 10.3. The van der Waals surface area contributed by atoms with Crippen molar-refractivity contribution in [1.82, 2.24) is 9.78 Å². The molecule has 0 unspecified atom stereocenters. The van der Waals surface area contributed by atoms with Gasteiger partial charge in [-0.1, -0.05) is 0 Å². The van der Waals surface area contributed by atoms with Crippen LogP contribution in [-0.4, -0.2) is 23.4 Å². The van der Waals surface area contributed by atoms with Gasteiger partial charge in [-0.2, -0.15) is 10.4 Å². The molecule has 0 aliphatic carbocycles. The molecule has 0 fully saturated rings. The van der Waals surface area contributed by atoms with Crippen LogP contribution < -0.4 is 10.6 Å². The zero-order valence-electron chi connectivity index (χ0n) is 8.07. The number of nitriles is 1. The van der Waals surface area contributed by atoms with Crippen molar-refractivity contribution in [1.29, 1.82) is 5.26 Å². The van der Waals surface area contributed by atoms with E-state index in [0.717, 1.165) is 6.54 Å². The predicted molar refractivity (Wildman–Crippen MR) is 51.3 cm³/mol. The van der Waals surface area contributed by atoms with Crippen molar-refractivity contribution in [3.8, 4) is 6.07 Å². The second-order valence-corrected chi connectivity index (χ2v) is 2.83. The first-order chi connectivity index (χ1) is 6.11. The highest BCUT2D eigenvalue weighted by Gasteiger charge is 2.15. The summed E-state index contributed by atoms with van der Waals surface area (Å²) in [5, 5.41) is 13.0. The maximum atomic E-state index is 8.85. The molecule has 0 bridgehead atoms. The van der Waals surface area contributed by atoms with E-state index in [1.165, 1.54) is 4.68 Å². The summed E-state index contributed by atoms with van der Waals surface area (Å²) in [4.78, 5) is 1.88. The van der Waals surface area contributed by atoms with Gasteiger partial charge in [-0.25, -0.2) is 4.68 Å². The molecule has 1 aromatic rings. The molecule has 0 atom stereocenters. The Morgan fingerprint density at radius 3 is 2.77 bits per heavy atom. The zero-order valence-corrected chi connectivity index (χ0v) is 8.07. The Morgan fingerprint density at radius 1 is 1.69 bits per heavy atom. The van der Waals surface area contributed by atoms with Crippen LogP contribution in [0, 0.1) is 11.3 Å². The number of aromatic nitrogens is 2. The Bertz CT molecular complexity index is 346. The smallest absolute Gasteiger partial charge is 0.170 e. The molecule has 5 nitrogen and oxygen atoms in total. The van der Waals surface area contributed by atoms with E-state index in [-0.39, 0.29) is 0 Å². The largest absolute Gasteiger partial charge is 0.383 e. The van der Waals surface area contributed by atoms with Gasteiger partial charge in [0.05, 0.1) is 0 Å². The highest BCUT2D eigenvalue weighted by atomic mass is 15.4. The molecule has 1 aromatic heterocycles. The maximum Gasteiger partial charge on any atom is 0.170 e. The van der Waals surface area contributed by atoms with Gasteiger partial charge >= 0.3 is 0 Å². The third-order valence-corrected chi connectivity index (χ3v) is 2.02. The Hall–Kier alpha value is -1.70. The van der Waals surface area contributed by atoms with Gasteiger partial charge in [0.2, 0.25) is 0 Å². The molecule has 0 amide bonds. The fourth-order valence-electron chi connectivity index (χ4n) is 1.05. The van der Waals surface area contributed by atoms with E-state index in [1.807, 2.05) is 24.9 Å². The van der Waals surface area contributed by atoms with Crippen molar-refractivity contribution in [2.75, 3.05) is 24.2 Å². The number of aryl methyl sites for hydroxylation is 1. The van der Waals surface area contributed by atoms with E-state index in [4.69, 9.17) is 11.0 Å². The summed E-state index contributed by atoms with van der Waals surface area (Å²) < 4.78 is 1.51. The zero-order chi connectivity index (χ0) is 10.0. The molecule has 1 rings (SSSR count). The molecule has 70 valence electrons. The van der Waals surface area contributed by atoms with E-state index >= 15 is 0 Å². The molecule has 1 heterocycles. The summed E-state index contributed by atoms with van der Waals surface area (Å²) in [6.45, 7) is 2.79. The topological polar surface area (TPSA) is 70.9 Å². The molecule has 0 saturated carbocycles. The Morgan fingerprint density at radius 2 is 2.31 bits per heavy atom. The summed E-state index contributed by atoms with van der Waals surface area (Å²) in [5.41, 5.74) is 6.11. The standard InChI is InChI=1S/C8H13N5/c1-4-12(2)8-6(5-9)7(10)13(3)11-8/h4,10H2,1-3H3. The average molecular weight is 179 g/mol. The molecule has 0 radical (unpaired) electrons. The lowest BCUT2D eigenvalue weighted by Crippen LogP contribution is -2.17. The normalized spacial score (nSPS) is 9.69. The van der Waals surface area contributed by atoms with Gasteiger partial charge in [-0.05, 0) is 6.92 Å². The summed E-state index contributed by atoms with van der Waals surface area (Å²) in [6.07, 6.45) is 0. The fraction of sp³-hybridized carbons (Fsp3) is 0.500. The van der Waals surface area contributed by atoms with Crippen molar-refractivity contribution in [3.05, 3.63) is 5.56 Å². The molecule has 0 spiro atoms. The van der Waals surface area contributed by atoms with E-state index in [0.29, 0.717) is 17.2 Å². The van der Waals surface area contributed by atoms with Crippen molar-refractivity contribution in [2.45, 2.75) is 6.92 Å². The SMILES string of the molecule is CCN(C)c1nn(C)c(N)c1C#N. The molecule has 5 heteroatoms. The van der Waals surface area contributed by atoms with Gasteiger partial charge in [0.1, 0.15) is 17.5 Å². The van der Waals surface area contributed by atoms with Gasteiger partial charge in [0.25, 0.3) is 0 Å². The number of anilines is 2. The van der Waals surface area contributed by atoms with Crippen LogP contribution in [0.25, 0.3) is 0 Å². The quantitative estimate of drug-likeness (QED) is 0.710. The molecule has 0 saturated heterocycles. The third-order valence-electron chi connectivity index (χ3n) is 2.02. The average Bonchev–Trinajstić information content (AvgIpc) is 2.42. The second-order valence-electron chi connectivity index (χ2n) is 2.83. The Kier molecular flexibility index (Phi) is 2.42. The summed E-state index contributed by atoms with van der Waals surface area (Å²) in [7, 11) is 3.60. The minimum absolute atomic E-state index is 0.415. The molecular weight excluding hydrogens is 166 g/mol. The predicted octanol–water partition coefficient (Wildman–Crippen LogP) is 0.330. The van der Waals surface area contributed by atoms with E-state index in [9.17, 15) is 0 Å². The van der Waals surface area contributed by atoms with Crippen molar-refractivity contribution in [3.63, 3.8) is 0 Å². The van der Waals surface area contributed by atoms with Gasteiger partial charge in [-0.3, -0.25) is 0 Å². The second kappa shape index (κ2) is 3.35. The van der Waals surface area contributed by atoms with Crippen LogP contribution in [0.4, 0.5) is 11.6 Å². The van der Waals surface area contributed by atoms with Crippen LogP contribution in [0.2, 0.25) is 0 Å². The fourth-order valence-corrected chi connectivity index (χ4v) is 1.05. The third kappa shape index (κ3) is 1.43. The summed E-state index contributed by atoms with van der Waals surface area (Å²) in [5.74, 6) is 1.06. The number of rotatable bonds is 2. The van der Waals surface area contributed by atoms with Crippen molar-refractivity contribution in [2.24, 2.45) is 7.05 Å². The van der Waals surface area contributed by atoms with Gasteiger partial charge in [-0.15, -0.1) is 0 Å². The minimum Gasteiger partial charge on any atom is -0.383 e. The highest BCUT2D eigenvalue weighted by Crippen LogP contribution is 2.21. The van der Waals surface area contributed by atoms with Gasteiger partial charge in [0, 0.05) is 20.6 Å². The lowest BCUT2D eigenvalue weighted by Gasteiger charge is -2.12.